The van der Waals surface area contributed by atoms with Crippen molar-refractivity contribution in [1.29, 1.82) is 0 Å². The summed E-state index contributed by atoms with van der Waals surface area (Å²) >= 11 is 0. The lowest BCUT2D eigenvalue weighted by atomic mass is 9.84. The normalized spacial score (nSPS) is 25.4. The van der Waals surface area contributed by atoms with Crippen molar-refractivity contribution in [3.8, 4) is 0 Å². The first-order valence-corrected chi connectivity index (χ1v) is 6.76. The number of nitrogens with one attached hydrogen (secondary N) is 2. The van der Waals surface area contributed by atoms with Gasteiger partial charge in [0, 0.05) is 6.04 Å². The van der Waals surface area contributed by atoms with Crippen LogP contribution in [0.15, 0.2) is 0 Å². The van der Waals surface area contributed by atoms with Gasteiger partial charge in [-0.1, -0.05) is 33.1 Å². The topological polar surface area (TPSA) is 41.1 Å². The van der Waals surface area contributed by atoms with Crippen LogP contribution in [-0.4, -0.2) is 25.0 Å². The average molecular weight is 226 g/mol. The van der Waals surface area contributed by atoms with E-state index in [2.05, 4.69) is 24.5 Å². The fourth-order valence-electron chi connectivity index (χ4n) is 2.45. The van der Waals surface area contributed by atoms with Gasteiger partial charge in [-0.2, -0.15) is 0 Å². The summed E-state index contributed by atoms with van der Waals surface area (Å²) in [5.41, 5.74) is 0. The Labute approximate surface area is 99.4 Å². The molecule has 1 amide bonds. The van der Waals surface area contributed by atoms with Crippen molar-refractivity contribution >= 4 is 5.91 Å². The molecule has 0 bridgehead atoms. The second-order valence-electron chi connectivity index (χ2n) is 4.88. The Bertz CT molecular complexity index is 206. The molecule has 1 fully saturated rings. The molecule has 0 radical (unpaired) electrons. The summed E-state index contributed by atoms with van der Waals surface area (Å²) in [6.07, 6.45) is 7.28. The van der Waals surface area contributed by atoms with Crippen LogP contribution in [0.1, 0.15) is 52.4 Å². The summed E-state index contributed by atoms with van der Waals surface area (Å²) in [5.74, 6) is 0.984. The summed E-state index contributed by atoms with van der Waals surface area (Å²) < 4.78 is 0. The Morgan fingerprint density at radius 3 is 2.81 bits per heavy atom. The Balaban J connectivity index is 2.17. The zero-order valence-electron chi connectivity index (χ0n) is 10.7. The van der Waals surface area contributed by atoms with Crippen LogP contribution in [0.5, 0.6) is 0 Å². The molecule has 3 heteroatoms. The molecule has 3 nitrogen and oxygen atoms in total. The van der Waals surface area contributed by atoms with Gasteiger partial charge in [0.2, 0.25) is 5.91 Å². The Hall–Kier alpha value is -0.570. The summed E-state index contributed by atoms with van der Waals surface area (Å²) in [6, 6.07) is 0.426. The first kappa shape index (κ1) is 13.5. The molecule has 2 unspecified atom stereocenters. The average Bonchev–Trinajstić information content (AvgIpc) is 2.29. The van der Waals surface area contributed by atoms with Crippen LogP contribution in [0.2, 0.25) is 0 Å². The molecule has 0 spiro atoms. The zero-order chi connectivity index (χ0) is 11.8. The molecule has 0 aromatic heterocycles. The van der Waals surface area contributed by atoms with E-state index in [1.165, 1.54) is 25.7 Å². The third-order valence-corrected chi connectivity index (χ3v) is 3.44. The summed E-state index contributed by atoms with van der Waals surface area (Å²) in [6.45, 7) is 5.76. The minimum Gasteiger partial charge on any atom is -0.352 e. The lowest BCUT2D eigenvalue weighted by molar-refractivity contribution is -0.121. The summed E-state index contributed by atoms with van der Waals surface area (Å²) in [5, 5.41) is 6.28. The van der Waals surface area contributed by atoms with E-state index >= 15 is 0 Å². The quantitative estimate of drug-likeness (QED) is 0.681. The highest BCUT2D eigenvalue weighted by Gasteiger charge is 2.21. The van der Waals surface area contributed by atoms with Gasteiger partial charge < -0.3 is 10.6 Å². The van der Waals surface area contributed by atoms with Crippen LogP contribution in [0.3, 0.4) is 0 Å². The van der Waals surface area contributed by atoms with Gasteiger partial charge >= 0.3 is 0 Å². The standard InChI is InChI=1S/C13H26N2O/c1-3-8-14-10-13(16)15-12-7-5-6-11(4-2)9-12/h11-12,14H,3-10H2,1-2H3,(H,15,16). The van der Waals surface area contributed by atoms with Crippen molar-refractivity contribution < 1.29 is 4.79 Å². The van der Waals surface area contributed by atoms with Gasteiger partial charge in [-0.25, -0.2) is 0 Å². The molecule has 0 aliphatic heterocycles. The molecule has 94 valence electrons. The maximum Gasteiger partial charge on any atom is 0.234 e. The van der Waals surface area contributed by atoms with Crippen molar-refractivity contribution in [1.82, 2.24) is 10.6 Å². The SMILES string of the molecule is CCCNCC(=O)NC1CCCC(CC)C1. The highest BCUT2D eigenvalue weighted by Crippen LogP contribution is 2.26. The maximum atomic E-state index is 11.6. The number of carbonyl (C=O) groups is 1. The minimum atomic E-state index is 0.162. The monoisotopic (exact) mass is 226 g/mol. The molecular formula is C13H26N2O. The predicted molar refractivity (Wildman–Crippen MR) is 67.3 cm³/mol. The third-order valence-electron chi connectivity index (χ3n) is 3.44. The van der Waals surface area contributed by atoms with Crippen LogP contribution in [0, 0.1) is 5.92 Å². The van der Waals surface area contributed by atoms with Crippen molar-refractivity contribution in [3.63, 3.8) is 0 Å². The second-order valence-corrected chi connectivity index (χ2v) is 4.88. The molecule has 1 rings (SSSR count). The fraction of sp³-hybridized carbons (Fsp3) is 0.923. The molecule has 1 aliphatic rings. The zero-order valence-corrected chi connectivity index (χ0v) is 10.7. The van der Waals surface area contributed by atoms with Gasteiger partial charge in [0.15, 0.2) is 0 Å². The molecule has 0 aromatic carbocycles. The van der Waals surface area contributed by atoms with E-state index in [-0.39, 0.29) is 5.91 Å². The smallest absolute Gasteiger partial charge is 0.234 e. The van der Waals surface area contributed by atoms with Crippen molar-refractivity contribution in [3.05, 3.63) is 0 Å². The van der Waals surface area contributed by atoms with Crippen molar-refractivity contribution in [2.75, 3.05) is 13.1 Å². The van der Waals surface area contributed by atoms with E-state index in [4.69, 9.17) is 0 Å². The molecule has 2 atom stereocenters. The highest BCUT2D eigenvalue weighted by atomic mass is 16.1. The second kappa shape index (κ2) is 7.66. The fourth-order valence-corrected chi connectivity index (χ4v) is 2.45. The van der Waals surface area contributed by atoms with Gasteiger partial charge in [0.1, 0.15) is 0 Å². The van der Waals surface area contributed by atoms with Gasteiger partial charge in [-0.3, -0.25) is 4.79 Å². The van der Waals surface area contributed by atoms with Crippen molar-refractivity contribution in [2.45, 2.75) is 58.4 Å². The van der Waals surface area contributed by atoms with Crippen LogP contribution < -0.4 is 10.6 Å². The number of hydrogen-bond acceptors (Lipinski definition) is 2. The molecule has 16 heavy (non-hydrogen) atoms. The summed E-state index contributed by atoms with van der Waals surface area (Å²) in [4.78, 5) is 11.6. The Kier molecular flexibility index (Phi) is 6.46. The summed E-state index contributed by atoms with van der Waals surface area (Å²) in [7, 11) is 0. The minimum absolute atomic E-state index is 0.162. The predicted octanol–water partition coefficient (Wildman–Crippen LogP) is 2.07. The van der Waals surface area contributed by atoms with Gasteiger partial charge in [-0.05, 0) is 31.7 Å². The third kappa shape index (κ3) is 4.97. The molecule has 0 saturated heterocycles. The molecular weight excluding hydrogens is 200 g/mol. The van der Waals surface area contributed by atoms with E-state index in [0.717, 1.165) is 25.3 Å². The van der Waals surface area contributed by atoms with Crippen molar-refractivity contribution in [2.24, 2.45) is 5.92 Å². The molecule has 1 aliphatic carbocycles. The van der Waals surface area contributed by atoms with E-state index in [1.54, 1.807) is 0 Å². The lowest BCUT2D eigenvalue weighted by Gasteiger charge is -2.29. The van der Waals surface area contributed by atoms with Crippen LogP contribution >= 0.6 is 0 Å². The van der Waals surface area contributed by atoms with E-state index in [0.29, 0.717) is 12.6 Å². The first-order chi connectivity index (χ1) is 7.76. The number of rotatable bonds is 6. The molecule has 0 heterocycles. The molecule has 0 aromatic rings. The van der Waals surface area contributed by atoms with Gasteiger partial charge in [0.25, 0.3) is 0 Å². The molecule has 2 N–H and O–H groups in total. The number of hydrogen-bond donors (Lipinski definition) is 2. The molecule has 1 saturated carbocycles. The van der Waals surface area contributed by atoms with E-state index < -0.39 is 0 Å². The highest BCUT2D eigenvalue weighted by molar-refractivity contribution is 5.78. The van der Waals surface area contributed by atoms with E-state index in [9.17, 15) is 4.79 Å². The number of carbonyl (C=O) groups excluding carboxylic acids is 1. The lowest BCUT2D eigenvalue weighted by Crippen LogP contribution is -2.42. The largest absolute Gasteiger partial charge is 0.352 e. The Morgan fingerprint density at radius 1 is 1.31 bits per heavy atom. The number of amides is 1. The van der Waals surface area contributed by atoms with Crippen LogP contribution in [0.4, 0.5) is 0 Å². The first-order valence-electron chi connectivity index (χ1n) is 6.76. The van der Waals surface area contributed by atoms with E-state index in [1.807, 2.05) is 0 Å². The maximum absolute atomic E-state index is 11.6. The van der Waals surface area contributed by atoms with Crippen LogP contribution in [-0.2, 0) is 4.79 Å². The van der Waals surface area contributed by atoms with Gasteiger partial charge in [-0.15, -0.1) is 0 Å². The van der Waals surface area contributed by atoms with Gasteiger partial charge in [0.05, 0.1) is 6.54 Å². The van der Waals surface area contributed by atoms with Crippen LogP contribution in [0.25, 0.3) is 0 Å². The Morgan fingerprint density at radius 2 is 2.12 bits per heavy atom.